The number of rotatable bonds is 5. The van der Waals surface area contributed by atoms with Crippen LogP contribution in [0.25, 0.3) is 0 Å². The molecule has 2 unspecified atom stereocenters. The van der Waals surface area contributed by atoms with Gasteiger partial charge in [0.1, 0.15) is 6.10 Å². The van der Waals surface area contributed by atoms with Crippen molar-refractivity contribution in [3.05, 3.63) is 0 Å². The first-order valence-corrected chi connectivity index (χ1v) is 7.40. The van der Waals surface area contributed by atoms with Gasteiger partial charge >= 0.3 is 0 Å². The van der Waals surface area contributed by atoms with Crippen molar-refractivity contribution in [3.63, 3.8) is 0 Å². The molecule has 0 aromatic carbocycles. The molecule has 1 aliphatic heterocycles. The number of hydrogen-bond acceptors (Lipinski definition) is 3. The predicted octanol–water partition coefficient (Wildman–Crippen LogP) is 2.02. The van der Waals surface area contributed by atoms with E-state index in [0.717, 1.165) is 25.9 Å². The van der Waals surface area contributed by atoms with Crippen LogP contribution in [-0.2, 0) is 9.53 Å². The van der Waals surface area contributed by atoms with Gasteiger partial charge in [0.25, 0.3) is 5.91 Å². The molecule has 1 aliphatic rings. The van der Waals surface area contributed by atoms with Crippen molar-refractivity contribution >= 4 is 5.91 Å². The summed E-state index contributed by atoms with van der Waals surface area (Å²) in [5.74, 6) is 0.706. The molecule has 1 heterocycles. The highest BCUT2D eigenvalue weighted by Gasteiger charge is 2.36. The molecule has 112 valence electrons. The summed E-state index contributed by atoms with van der Waals surface area (Å²) in [4.78, 5) is 14.2. The van der Waals surface area contributed by atoms with Crippen LogP contribution in [0.5, 0.6) is 0 Å². The fraction of sp³-hybridized carbons (Fsp3) is 0.933. The quantitative estimate of drug-likeness (QED) is 0.831. The lowest BCUT2D eigenvalue weighted by Gasteiger charge is -2.43. The van der Waals surface area contributed by atoms with Crippen molar-refractivity contribution in [1.29, 1.82) is 0 Å². The Balaban J connectivity index is 2.44. The standard InChI is InChI=1S/C15H30N2O2/c1-11(2)7-9-19-12(3)14(18)17-8-6-13(16)15(4,5)10-17/h11-13H,6-10,16H2,1-5H3. The van der Waals surface area contributed by atoms with Crippen LogP contribution < -0.4 is 5.73 Å². The Kier molecular flexibility index (Phi) is 5.81. The zero-order valence-corrected chi connectivity index (χ0v) is 13.1. The number of piperidine rings is 1. The molecule has 4 nitrogen and oxygen atoms in total. The van der Waals surface area contributed by atoms with E-state index >= 15 is 0 Å². The van der Waals surface area contributed by atoms with Crippen molar-refractivity contribution in [2.45, 2.75) is 59.6 Å². The van der Waals surface area contributed by atoms with Gasteiger partial charge in [-0.3, -0.25) is 4.79 Å². The maximum atomic E-state index is 12.3. The van der Waals surface area contributed by atoms with E-state index in [1.54, 1.807) is 0 Å². The molecule has 0 radical (unpaired) electrons. The number of likely N-dealkylation sites (tertiary alicyclic amines) is 1. The van der Waals surface area contributed by atoms with Crippen LogP contribution in [0.15, 0.2) is 0 Å². The lowest BCUT2D eigenvalue weighted by Crippen LogP contribution is -2.55. The van der Waals surface area contributed by atoms with Gasteiger partial charge in [0.2, 0.25) is 0 Å². The zero-order valence-electron chi connectivity index (χ0n) is 13.1. The third kappa shape index (κ3) is 4.77. The highest BCUT2D eigenvalue weighted by atomic mass is 16.5. The first-order valence-electron chi connectivity index (χ1n) is 7.40. The molecule has 0 aromatic heterocycles. The number of ether oxygens (including phenoxy) is 1. The summed E-state index contributed by atoms with van der Waals surface area (Å²) < 4.78 is 5.64. The number of carbonyl (C=O) groups is 1. The Morgan fingerprint density at radius 3 is 2.58 bits per heavy atom. The van der Waals surface area contributed by atoms with Crippen LogP contribution in [0.2, 0.25) is 0 Å². The van der Waals surface area contributed by atoms with Crippen LogP contribution in [0.1, 0.15) is 47.5 Å². The molecule has 19 heavy (non-hydrogen) atoms. The third-order valence-corrected chi connectivity index (χ3v) is 4.03. The summed E-state index contributed by atoms with van der Waals surface area (Å²) in [5, 5.41) is 0. The van der Waals surface area contributed by atoms with Crippen LogP contribution in [-0.4, -0.2) is 42.6 Å². The Bertz CT molecular complexity index is 303. The van der Waals surface area contributed by atoms with E-state index in [0.29, 0.717) is 12.5 Å². The predicted molar refractivity (Wildman–Crippen MR) is 77.8 cm³/mol. The summed E-state index contributed by atoms with van der Waals surface area (Å²) in [5.41, 5.74) is 6.09. The Hall–Kier alpha value is -0.610. The SMILES string of the molecule is CC(C)CCOC(C)C(=O)N1CCC(N)C(C)(C)C1. The van der Waals surface area contributed by atoms with Crippen LogP contribution in [0, 0.1) is 11.3 Å². The monoisotopic (exact) mass is 270 g/mol. The van der Waals surface area contributed by atoms with Gasteiger partial charge in [-0.05, 0) is 31.1 Å². The first kappa shape index (κ1) is 16.4. The minimum absolute atomic E-state index is 0.00837. The van der Waals surface area contributed by atoms with E-state index in [1.165, 1.54) is 0 Å². The van der Waals surface area contributed by atoms with E-state index in [-0.39, 0.29) is 23.5 Å². The summed E-state index contributed by atoms with van der Waals surface area (Å²) >= 11 is 0. The minimum atomic E-state index is -0.344. The summed E-state index contributed by atoms with van der Waals surface area (Å²) in [6.07, 6.45) is 1.52. The molecule has 0 saturated carbocycles. The molecule has 1 fully saturated rings. The summed E-state index contributed by atoms with van der Waals surface area (Å²) in [6, 6.07) is 0.175. The minimum Gasteiger partial charge on any atom is -0.369 e. The normalized spacial score (nSPS) is 24.6. The Morgan fingerprint density at radius 1 is 1.42 bits per heavy atom. The molecule has 0 spiro atoms. The number of nitrogens with zero attached hydrogens (tertiary/aromatic N) is 1. The van der Waals surface area contributed by atoms with Gasteiger partial charge in [0, 0.05) is 25.7 Å². The second-order valence-corrected chi connectivity index (χ2v) is 6.84. The molecule has 0 aromatic rings. The van der Waals surface area contributed by atoms with Gasteiger partial charge in [-0.1, -0.05) is 27.7 Å². The molecular formula is C15H30N2O2. The number of carbonyl (C=O) groups excluding carboxylic acids is 1. The average Bonchev–Trinajstić information content (AvgIpc) is 2.31. The summed E-state index contributed by atoms with van der Waals surface area (Å²) in [7, 11) is 0. The lowest BCUT2D eigenvalue weighted by molar-refractivity contribution is -0.146. The average molecular weight is 270 g/mol. The second kappa shape index (κ2) is 6.71. The van der Waals surface area contributed by atoms with E-state index < -0.39 is 0 Å². The van der Waals surface area contributed by atoms with Gasteiger partial charge in [0.15, 0.2) is 0 Å². The molecule has 0 aliphatic carbocycles. The van der Waals surface area contributed by atoms with Gasteiger partial charge < -0.3 is 15.4 Å². The highest BCUT2D eigenvalue weighted by molar-refractivity contribution is 5.80. The molecule has 1 saturated heterocycles. The van der Waals surface area contributed by atoms with Crippen LogP contribution >= 0.6 is 0 Å². The Labute approximate surface area is 117 Å². The van der Waals surface area contributed by atoms with E-state index in [1.807, 2.05) is 11.8 Å². The molecule has 2 atom stereocenters. The van der Waals surface area contributed by atoms with Gasteiger partial charge in [-0.2, -0.15) is 0 Å². The highest BCUT2D eigenvalue weighted by Crippen LogP contribution is 2.28. The maximum absolute atomic E-state index is 12.3. The number of nitrogens with two attached hydrogens (primary N) is 1. The van der Waals surface area contributed by atoms with Crippen LogP contribution in [0.3, 0.4) is 0 Å². The molecule has 1 amide bonds. The molecule has 1 rings (SSSR count). The topological polar surface area (TPSA) is 55.6 Å². The van der Waals surface area contributed by atoms with Crippen molar-refractivity contribution in [1.82, 2.24) is 4.90 Å². The van der Waals surface area contributed by atoms with Crippen LogP contribution in [0.4, 0.5) is 0 Å². The lowest BCUT2D eigenvalue weighted by atomic mass is 9.79. The number of amides is 1. The van der Waals surface area contributed by atoms with Gasteiger partial charge in [-0.15, -0.1) is 0 Å². The molecule has 4 heteroatoms. The van der Waals surface area contributed by atoms with E-state index in [9.17, 15) is 4.79 Å². The smallest absolute Gasteiger partial charge is 0.251 e. The van der Waals surface area contributed by atoms with Crippen molar-refractivity contribution in [2.24, 2.45) is 17.1 Å². The summed E-state index contributed by atoms with van der Waals surface area (Å²) in [6.45, 7) is 12.6. The number of hydrogen-bond donors (Lipinski definition) is 1. The van der Waals surface area contributed by atoms with Crippen molar-refractivity contribution in [2.75, 3.05) is 19.7 Å². The Morgan fingerprint density at radius 2 is 2.05 bits per heavy atom. The third-order valence-electron chi connectivity index (χ3n) is 4.03. The maximum Gasteiger partial charge on any atom is 0.251 e. The van der Waals surface area contributed by atoms with Crippen molar-refractivity contribution < 1.29 is 9.53 Å². The largest absolute Gasteiger partial charge is 0.369 e. The van der Waals surface area contributed by atoms with Gasteiger partial charge in [-0.25, -0.2) is 0 Å². The fourth-order valence-corrected chi connectivity index (χ4v) is 2.37. The molecular weight excluding hydrogens is 240 g/mol. The van der Waals surface area contributed by atoms with Crippen molar-refractivity contribution in [3.8, 4) is 0 Å². The first-order chi connectivity index (χ1) is 8.74. The molecule has 0 bridgehead atoms. The second-order valence-electron chi connectivity index (χ2n) is 6.84. The van der Waals surface area contributed by atoms with Gasteiger partial charge in [0.05, 0.1) is 0 Å². The van der Waals surface area contributed by atoms with E-state index in [4.69, 9.17) is 10.5 Å². The molecule has 2 N–H and O–H groups in total. The zero-order chi connectivity index (χ0) is 14.6. The fourth-order valence-electron chi connectivity index (χ4n) is 2.37. The van der Waals surface area contributed by atoms with E-state index in [2.05, 4.69) is 27.7 Å².